The predicted molar refractivity (Wildman–Crippen MR) is 138 cm³/mol. The van der Waals surface area contributed by atoms with Gasteiger partial charge in [-0.2, -0.15) is 13.2 Å². The van der Waals surface area contributed by atoms with Gasteiger partial charge in [0.05, 0.1) is 24.6 Å². The molecule has 2 aromatic carbocycles. The van der Waals surface area contributed by atoms with Crippen LogP contribution in [0.1, 0.15) is 52.8 Å². The first-order chi connectivity index (χ1) is 18.6. The third-order valence-electron chi connectivity index (χ3n) is 6.47. The van der Waals surface area contributed by atoms with Crippen LogP contribution >= 0.6 is 11.6 Å². The molecule has 0 aliphatic carbocycles. The summed E-state index contributed by atoms with van der Waals surface area (Å²) >= 11 is 6.35. The third-order valence-corrected chi connectivity index (χ3v) is 6.84. The largest absolute Gasteiger partial charge is 0.466 e. The zero-order chi connectivity index (χ0) is 28.0. The van der Waals surface area contributed by atoms with Gasteiger partial charge in [0.25, 0.3) is 5.91 Å². The molecule has 0 bridgehead atoms. The molecule has 2 heterocycles. The van der Waals surface area contributed by atoms with Crippen molar-refractivity contribution in [1.82, 2.24) is 14.8 Å². The maximum Gasteiger partial charge on any atom is 0.416 e. The highest BCUT2D eigenvalue weighted by atomic mass is 35.5. The Morgan fingerprint density at radius 1 is 1.15 bits per heavy atom. The van der Waals surface area contributed by atoms with Crippen molar-refractivity contribution in [2.24, 2.45) is 5.92 Å². The number of esters is 1. The van der Waals surface area contributed by atoms with Crippen molar-refractivity contribution in [3.05, 3.63) is 88.1 Å². The number of hydrogen-bond donors (Lipinski definition) is 0. The van der Waals surface area contributed by atoms with Gasteiger partial charge in [0, 0.05) is 31.2 Å². The van der Waals surface area contributed by atoms with E-state index in [1.54, 1.807) is 30.0 Å². The number of nitrogens with zero attached hydrogens (tertiary/aromatic N) is 3. The monoisotopic (exact) mass is 563 g/mol. The number of halogens is 4. The molecule has 1 fully saturated rings. The van der Waals surface area contributed by atoms with Crippen LogP contribution in [-0.4, -0.2) is 46.4 Å². The molecule has 7 nitrogen and oxygen atoms in total. The molecule has 1 unspecified atom stereocenters. The Hall–Kier alpha value is -3.37. The number of carbonyl (C=O) groups excluding carboxylic acids is 2. The van der Waals surface area contributed by atoms with Crippen molar-refractivity contribution in [2.75, 3.05) is 19.7 Å². The number of rotatable bonds is 9. The van der Waals surface area contributed by atoms with Crippen LogP contribution in [-0.2, 0) is 35.3 Å². The van der Waals surface area contributed by atoms with Crippen LogP contribution in [0.3, 0.4) is 0 Å². The van der Waals surface area contributed by atoms with Gasteiger partial charge in [-0.15, -0.1) is 0 Å². The van der Waals surface area contributed by atoms with Gasteiger partial charge in [-0.25, -0.2) is 4.98 Å². The number of ether oxygens (including phenoxy) is 1. The second kappa shape index (κ2) is 12.7. The fraction of sp³-hybridized carbons (Fsp3) is 0.393. The molecule has 0 saturated carbocycles. The van der Waals surface area contributed by atoms with Crippen LogP contribution in [0.2, 0.25) is 5.02 Å². The zero-order valence-corrected chi connectivity index (χ0v) is 22.2. The highest BCUT2D eigenvalue weighted by Gasteiger charge is 2.32. The lowest BCUT2D eigenvalue weighted by Gasteiger charge is -2.30. The van der Waals surface area contributed by atoms with Gasteiger partial charge in [0.1, 0.15) is 6.26 Å². The van der Waals surface area contributed by atoms with Crippen LogP contribution < -0.4 is 0 Å². The maximum absolute atomic E-state index is 13.3. The molecule has 1 aromatic heterocycles. The van der Waals surface area contributed by atoms with Gasteiger partial charge < -0.3 is 14.1 Å². The first kappa shape index (κ1) is 28.6. The molecule has 39 heavy (non-hydrogen) atoms. The van der Waals surface area contributed by atoms with Crippen molar-refractivity contribution in [1.29, 1.82) is 0 Å². The topological polar surface area (TPSA) is 75.9 Å². The standard InChI is InChI=1S/C28H29ClF3N3O4/c1-2-38-27(37)21-9-6-12-35(16-21)26(36)24-18-39-25(33-24)17-34(15-20-8-3-4-11-23(20)29)14-19-7-5-10-22(13-19)28(30,31)32/h3-5,7-8,10-11,13,18,21H,2,6,9,12,14-17H2,1H3. The summed E-state index contributed by atoms with van der Waals surface area (Å²) in [5.41, 5.74) is 0.612. The van der Waals surface area contributed by atoms with E-state index in [1.165, 1.54) is 12.3 Å². The molecule has 0 radical (unpaired) electrons. The Labute approximate surface area is 229 Å². The number of aromatic nitrogens is 1. The number of likely N-dealkylation sites (tertiary alicyclic amines) is 1. The Morgan fingerprint density at radius 3 is 2.69 bits per heavy atom. The van der Waals surface area contributed by atoms with Gasteiger partial charge >= 0.3 is 12.1 Å². The Bertz CT molecular complexity index is 1300. The smallest absolute Gasteiger partial charge is 0.416 e. The minimum atomic E-state index is -4.46. The van der Waals surface area contributed by atoms with Crippen molar-refractivity contribution in [2.45, 2.75) is 45.6 Å². The lowest BCUT2D eigenvalue weighted by molar-refractivity contribution is -0.149. The van der Waals surface area contributed by atoms with E-state index in [0.717, 1.165) is 17.7 Å². The van der Waals surface area contributed by atoms with Crippen LogP contribution in [0.15, 0.2) is 59.2 Å². The average molecular weight is 564 g/mol. The summed E-state index contributed by atoms with van der Waals surface area (Å²) < 4.78 is 50.5. The van der Waals surface area contributed by atoms with Gasteiger partial charge in [-0.3, -0.25) is 14.5 Å². The molecule has 4 rings (SSSR count). The fourth-order valence-electron chi connectivity index (χ4n) is 4.59. The molecule has 11 heteroatoms. The van der Waals surface area contributed by atoms with E-state index in [-0.39, 0.29) is 55.6 Å². The molecule has 1 aliphatic heterocycles. The quantitative estimate of drug-likeness (QED) is 0.299. The van der Waals surface area contributed by atoms with Crippen molar-refractivity contribution < 1.29 is 31.9 Å². The molecule has 0 N–H and O–H groups in total. The van der Waals surface area contributed by atoms with Crippen molar-refractivity contribution >= 4 is 23.5 Å². The minimum absolute atomic E-state index is 0.103. The highest BCUT2D eigenvalue weighted by molar-refractivity contribution is 6.31. The molecule has 1 aliphatic rings. The summed E-state index contributed by atoms with van der Waals surface area (Å²) in [4.78, 5) is 33.0. The van der Waals surface area contributed by atoms with Crippen molar-refractivity contribution in [3.63, 3.8) is 0 Å². The van der Waals surface area contributed by atoms with Crippen molar-refractivity contribution in [3.8, 4) is 0 Å². The van der Waals surface area contributed by atoms with E-state index < -0.39 is 11.7 Å². The summed E-state index contributed by atoms with van der Waals surface area (Å²) in [6.07, 6.45) is -1.87. The maximum atomic E-state index is 13.3. The number of piperidine rings is 1. The predicted octanol–water partition coefficient (Wildman–Crippen LogP) is 5.96. The van der Waals surface area contributed by atoms with Gasteiger partial charge in [0.15, 0.2) is 5.69 Å². The number of carbonyl (C=O) groups is 2. The minimum Gasteiger partial charge on any atom is -0.466 e. The van der Waals surface area contributed by atoms with Crippen LogP contribution in [0.25, 0.3) is 0 Å². The Morgan fingerprint density at radius 2 is 1.95 bits per heavy atom. The summed E-state index contributed by atoms with van der Waals surface area (Å²) in [5, 5.41) is 0.524. The second-order valence-corrected chi connectivity index (χ2v) is 9.81. The molecule has 1 amide bonds. The number of oxazole rings is 1. The van der Waals surface area contributed by atoms with Crippen LogP contribution in [0.4, 0.5) is 13.2 Å². The molecule has 1 saturated heterocycles. The molecular formula is C28H29ClF3N3O4. The summed E-state index contributed by atoms with van der Waals surface area (Å²) in [6.45, 7) is 3.35. The SMILES string of the molecule is CCOC(=O)C1CCCN(C(=O)c2coc(CN(Cc3cccc(C(F)(F)F)c3)Cc3ccccc3Cl)n2)C1. The van der Waals surface area contributed by atoms with E-state index in [1.807, 2.05) is 17.0 Å². The lowest BCUT2D eigenvalue weighted by Crippen LogP contribution is -2.43. The Balaban J connectivity index is 1.50. The second-order valence-electron chi connectivity index (χ2n) is 9.40. The van der Waals surface area contributed by atoms with Gasteiger partial charge in [-0.05, 0) is 43.0 Å². The summed E-state index contributed by atoms with van der Waals surface area (Å²) in [6, 6.07) is 12.3. The summed E-state index contributed by atoms with van der Waals surface area (Å²) in [5.74, 6) is -0.820. The number of amides is 1. The fourth-order valence-corrected chi connectivity index (χ4v) is 4.78. The lowest BCUT2D eigenvalue weighted by atomic mass is 9.98. The van der Waals surface area contributed by atoms with Gasteiger partial charge in [-0.1, -0.05) is 48.0 Å². The Kier molecular flexibility index (Phi) is 9.29. The highest BCUT2D eigenvalue weighted by Crippen LogP contribution is 2.30. The molecular weight excluding hydrogens is 535 g/mol. The van der Waals surface area contributed by atoms with Crippen LogP contribution in [0.5, 0.6) is 0 Å². The number of alkyl halides is 3. The summed E-state index contributed by atoms with van der Waals surface area (Å²) in [7, 11) is 0. The first-order valence-corrected chi connectivity index (χ1v) is 13.0. The van der Waals surface area contributed by atoms with Crippen LogP contribution in [0, 0.1) is 5.92 Å². The third kappa shape index (κ3) is 7.60. The molecule has 208 valence electrons. The molecule has 3 aromatic rings. The average Bonchev–Trinajstić information content (AvgIpc) is 3.38. The van der Waals surface area contributed by atoms with E-state index >= 15 is 0 Å². The number of benzene rings is 2. The number of hydrogen-bond acceptors (Lipinski definition) is 6. The van der Waals surface area contributed by atoms with Gasteiger partial charge in [0.2, 0.25) is 5.89 Å². The first-order valence-electron chi connectivity index (χ1n) is 12.7. The van der Waals surface area contributed by atoms with E-state index in [0.29, 0.717) is 36.5 Å². The normalized spacial score (nSPS) is 15.9. The van der Waals surface area contributed by atoms with E-state index in [9.17, 15) is 22.8 Å². The molecule has 0 spiro atoms. The van der Waals surface area contributed by atoms with E-state index in [4.69, 9.17) is 20.8 Å². The zero-order valence-electron chi connectivity index (χ0n) is 21.4. The molecule has 1 atom stereocenters. The van der Waals surface area contributed by atoms with E-state index in [2.05, 4.69) is 4.98 Å².